The van der Waals surface area contributed by atoms with Crippen LogP contribution in [-0.4, -0.2) is 24.6 Å². The van der Waals surface area contributed by atoms with Gasteiger partial charge < -0.3 is 4.48 Å². The van der Waals surface area contributed by atoms with Crippen molar-refractivity contribution >= 4 is 0 Å². The van der Waals surface area contributed by atoms with E-state index in [1.165, 1.54) is 190 Å². The lowest BCUT2D eigenvalue weighted by atomic mass is 10.0. The second-order valence-corrected chi connectivity index (χ2v) is 12.8. The van der Waals surface area contributed by atoms with E-state index >= 15 is 0 Å². The van der Waals surface area contributed by atoms with Crippen molar-refractivity contribution in [1.82, 2.24) is 0 Å². The Bertz CT molecular complexity index is 582. The fourth-order valence-corrected chi connectivity index (χ4v) is 6.14. The highest BCUT2D eigenvalue weighted by Gasteiger charge is 2.21. The normalized spacial score (nSPS) is 13.1. The Morgan fingerprint density at radius 3 is 1.00 bits per heavy atom. The summed E-state index contributed by atoms with van der Waals surface area (Å²) in [5, 5.41) is 0. The van der Waals surface area contributed by atoms with E-state index in [2.05, 4.69) is 51.2 Å². The van der Waals surface area contributed by atoms with Gasteiger partial charge in [-0.3, -0.25) is 0 Å². The van der Waals surface area contributed by atoms with E-state index in [9.17, 15) is 0 Å². The molecule has 1 heteroatoms. The molecule has 0 spiro atoms. The summed E-state index contributed by atoms with van der Waals surface area (Å²) in [6, 6.07) is 11.3. The van der Waals surface area contributed by atoms with Crippen molar-refractivity contribution in [3.05, 3.63) is 35.9 Å². The lowest BCUT2D eigenvalue weighted by Crippen LogP contribution is -2.44. The zero-order valence-electron chi connectivity index (χ0n) is 26.6. The highest BCUT2D eigenvalue weighted by molar-refractivity contribution is 5.13. The molecular weight excluding hydrogens is 458 g/mol. The van der Waals surface area contributed by atoms with Gasteiger partial charge in [0, 0.05) is 5.56 Å². The second-order valence-electron chi connectivity index (χ2n) is 12.8. The van der Waals surface area contributed by atoms with Gasteiger partial charge in [0.05, 0.1) is 20.1 Å². The minimum Gasteiger partial charge on any atom is -0.322 e. The average Bonchev–Trinajstić information content (AvgIpc) is 2.92. The molecule has 0 saturated carbocycles. The predicted molar refractivity (Wildman–Crippen MR) is 173 cm³/mol. The van der Waals surface area contributed by atoms with E-state index in [0.29, 0.717) is 0 Å². The first-order chi connectivity index (χ1) is 18.7. The maximum absolute atomic E-state index is 2.53. The van der Waals surface area contributed by atoms with Gasteiger partial charge in [0.25, 0.3) is 0 Å². The minimum atomic E-state index is 1.21. The van der Waals surface area contributed by atoms with E-state index in [0.717, 1.165) is 0 Å². The highest BCUT2D eigenvalue weighted by atomic mass is 15.3. The van der Waals surface area contributed by atoms with Gasteiger partial charge in [-0.2, -0.15) is 0 Å². The van der Waals surface area contributed by atoms with Crippen molar-refractivity contribution in [2.75, 3.05) is 20.1 Å². The molecule has 0 N–H and O–H groups in total. The van der Waals surface area contributed by atoms with Crippen molar-refractivity contribution in [3.8, 4) is 0 Å². The predicted octanol–water partition coefficient (Wildman–Crippen LogP) is 12.4. The van der Waals surface area contributed by atoms with Crippen LogP contribution in [0.25, 0.3) is 0 Å². The maximum atomic E-state index is 2.53. The quantitative estimate of drug-likeness (QED) is 0.0716. The molecule has 222 valence electrons. The van der Waals surface area contributed by atoms with E-state index < -0.39 is 0 Å². The molecule has 0 aliphatic carbocycles. The van der Waals surface area contributed by atoms with Crippen LogP contribution in [0.1, 0.15) is 180 Å². The number of benzene rings is 1. The van der Waals surface area contributed by atoms with Crippen molar-refractivity contribution in [2.45, 2.75) is 181 Å². The summed E-state index contributed by atoms with van der Waals surface area (Å²) >= 11 is 0. The number of hydrogen-bond acceptors (Lipinski definition) is 0. The molecule has 0 heterocycles. The number of unbranched alkanes of at least 4 members (excludes halogenated alkanes) is 23. The molecule has 0 bridgehead atoms. The largest absolute Gasteiger partial charge is 0.322 e. The number of rotatable bonds is 29. The van der Waals surface area contributed by atoms with Crippen LogP contribution in [0.5, 0.6) is 0 Å². The van der Waals surface area contributed by atoms with Gasteiger partial charge >= 0.3 is 0 Å². The molecule has 0 radical (unpaired) electrons. The molecule has 1 aromatic carbocycles. The zero-order valence-corrected chi connectivity index (χ0v) is 26.6. The Balaban J connectivity index is 2.13. The van der Waals surface area contributed by atoms with Gasteiger partial charge in [-0.25, -0.2) is 0 Å². The lowest BCUT2D eigenvalue weighted by molar-refractivity contribution is -0.923. The molecule has 1 unspecified atom stereocenters. The number of hydrogen-bond donors (Lipinski definition) is 0. The van der Waals surface area contributed by atoms with Gasteiger partial charge in [0.2, 0.25) is 0 Å². The molecule has 1 atom stereocenters. The van der Waals surface area contributed by atoms with Crippen LogP contribution in [0, 0.1) is 0 Å². The van der Waals surface area contributed by atoms with Crippen LogP contribution in [-0.2, 0) is 6.54 Å². The summed E-state index contributed by atoms with van der Waals surface area (Å²) in [5.41, 5.74) is 1.52. The van der Waals surface area contributed by atoms with E-state index in [1.807, 2.05) is 0 Å². The summed E-state index contributed by atoms with van der Waals surface area (Å²) in [4.78, 5) is 0. The third-order valence-corrected chi connectivity index (χ3v) is 8.76. The van der Waals surface area contributed by atoms with Gasteiger partial charge in [0.15, 0.2) is 0 Å². The zero-order chi connectivity index (χ0) is 27.4. The van der Waals surface area contributed by atoms with Crippen molar-refractivity contribution in [2.24, 2.45) is 0 Å². The van der Waals surface area contributed by atoms with Crippen LogP contribution in [0.15, 0.2) is 30.3 Å². The lowest BCUT2D eigenvalue weighted by Gasteiger charge is -2.35. The number of nitrogens with zero attached hydrogens (tertiary/aromatic N) is 1. The summed E-state index contributed by atoms with van der Waals surface area (Å²) in [6.07, 6.45) is 36.1. The van der Waals surface area contributed by atoms with Gasteiger partial charge in [-0.05, 0) is 25.7 Å². The monoisotopic (exact) mass is 529 g/mol. The summed E-state index contributed by atoms with van der Waals surface area (Å²) in [6.45, 7) is 8.53. The van der Waals surface area contributed by atoms with Crippen molar-refractivity contribution < 1.29 is 4.48 Å². The molecule has 0 aliphatic heterocycles. The van der Waals surface area contributed by atoms with Crippen molar-refractivity contribution in [1.29, 1.82) is 0 Å². The van der Waals surface area contributed by atoms with Gasteiger partial charge in [0.1, 0.15) is 6.54 Å². The molecular formula is C37H70N+. The smallest absolute Gasteiger partial charge is 0.104 e. The topological polar surface area (TPSA) is 0 Å². The number of quaternary nitrogens is 1. The van der Waals surface area contributed by atoms with E-state index in [1.54, 1.807) is 0 Å². The molecule has 0 aliphatic rings. The van der Waals surface area contributed by atoms with Crippen LogP contribution >= 0.6 is 0 Å². The maximum Gasteiger partial charge on any atom is 0.104 e. The molecule has 0 amide bonds. The fourth-order valence-electron chi connectivity index (χ4n) is 6.14. The first kappa shape index (κ1) is 35.2. The van der Waals surface area contributed by atoms with Crippen LogP contribution in [0.2, 0.25) is 0 Å². The minimum absolute atomic E-state index is 1.21. The van der Waals surface area contributed by atoms with Crippen LogP contribution < -0.4 is 0 Å². The molecule has 1 nitrogen and oxygen atoms in total. The molecule has 0 saturated heterocycles. The molecule has 0 fully saturated rings. The van der Waals surface area contributed by atoms with Crippen LogP contribution in [0.3, 0.4) is 0 Å². The SMILES string of the molecule is CCCCCCCCCCCCCCCC[N+](C)(CCCCCCCCCCCCC)Cc1ccccc1. The first-order valence-electron chi connectivity index (χ1n) is 17.6. The van der Waals surface area contributed by atoms with E-state index in [-0.39, 0.29) is 0 Å². The molecule has 38 heavy (non-hydrogen) atoms. The average molecular weight is 529 g/mol. The Morgan fingerprint density at radius 2 is 0.684 bits per heavy atom. The summed E-state index contributed by atoms with van der Waals surface area (Å²) in [5.74, 6) is 0. The Morgan fingerprint density at radius 1 is 0.395 bits per heavy atom. The van der Waals surface area contributed by atoms with E-state index in [4.69, 9.17) is 0 Å². The first-order valence-corrected chi connectivity index (χ1v) is 17.6. The Hall–Kier alpha value is -0.820. The molecule has 0 aromatic heterocycles. The molecule has 1 rings (SSSR count). The van der Waals surface area contributed by atoms with Crippen LogP contribution in [0.4, 0.5) is 0 Å². The van der Waals surface area contributed by atoms with Crippen molar-refractivity contribution in [3.63, 3.8) is 0 Å². The van der Waals surface area contributed by atoms with Gasteiger partial charge in [-0.15, -0.1) is 0 Å². The Labute approximate surface area is 241 Å². The Kier molecular flexibility index (Phi) is 24.5. The third-order valence-electron chi connectivity index (χ3n) is 8.76. The second kappa shape index (κ2) is 26.4. The summed E-state index contributed by atoms with van der Waals surface area (Å²) in [7, 11) is 2.53. The standard InChI is InChI=1S/C37H70N/c1-4-6-8-10-12-14-16-17-18-20-22-24-26-31-35-38(3,36-37-32-28-27-29-33-37)34-30-25-23-21-19-15-13-11-9-7-5-2/h27-29,32-33H,4-26,30-31,34-36H2,1-3H3/q+1. The summed E-state index contributed by atoms with van der Waals surface area (Å²) < 4.78 is 1.24. The fraction of sp³-hybridized carbons (Fsp3) is 0.838. The van der Waals surface area contributed by atoms with Gasteiger partial charge in [-0.1, -0.05) is 179 Å². The highest BCUT2D eigenvalue weighted by Crippen LogP contribution is 2.19. The third kappa shape index (κ3) is 22.0. The molecule has 1 aromatic rings.